The molecule has 0 aromatic heterocycles. The van der Waals surface area contributed by atoms with Crippen molar-refractivity contribution in [2.45, 2.75) is 19.3 Å². The lowest BCUT2D eigenvalue weighted by Crippen LogP contribution is -2.43. The molecule has 0 saturated carbocycles. The molecule has 0 radical (unpaired) electrons. The van der Waals surface area contributed by atoms with E-state index in [1.807, 2.05) is 0 Å². The highest BCUT2D eigenvalue weighted by Gasteiger charge is 2.30. The van der Waals surface area contributed by atoms with Gasteiger partial charge in [0, 0.05) is 30.6 Å². The first-order chi connectivity index (χ1) is 14.5. The van der Waals surface area contributed by atoms with Crippen LogP contribution in [-0.4, -0.2) is 48.9 Å². The molecule has 2 aliphatic heterocycles. The average Bonchev–Trinajstić information content (AvgIpc) is 3.25. The number of esters is 1. The Balaban J connectivity index is 1.32. The number of nitrogens with zero attached hydrogens (tertiary/aromatic N) is 1. The standard InChI is InChI=1S/C23H22FNO5/c24-19-6-3-15(4-7-19)22(27)25-10-1-2-18(13-25)23(28)30-14-20(26)16-5-8-21-17(12-16)9-11-29-21/h3-8,12,18H,1-2,9-11,13-14H2. The molecule has 156 valence electrons. The van der Waals surface area contributed by atoms with Crippen molar-refractivity contribution in [3.8, 4) is 5.75 Å². The Morgan fingerprint density at radius 1 is 1.10 bits per heavy atom. The Hall–Kier alpha value is -3.22. The number of benzene rings is 2. The number of likely N-dealkylation sites (tertiary alicyclic amines) is 1. The second kappa shape index (κ2) is 8.65. The predicted octanol–water partition coefficient (Wildman–Crippen LogP) is 3.04. The van der Waals surface area contributed by atoms with Crippen molar-refractivity contribution >= 4 is 17.7 Å². The lowest BCUT2D eigenvalue weighted by Gasteiger charge is -2.31. The van der Waals surface area contributed by atoms with Crippen molar-refractivity contribution < 1.29 is 28.2 Å². The number of fused-ring (bicyclic) bond motifs is 1. The van der Waals surface area contributed by atoms with Crippen molar-refractivity contribution in [2.24, 2.45) is 5.92 Å². The molecule has 0 aliphatic carbocycles. The Labute approximate surface area is 173 Å². The summed E-state index contributed by atoms with van der Waals surface area (Å²) in [6.45, 7) is 1.02. The Bertz CT molecular complexity index is 972. The molecule has 7 heteroatoms. The monoisotopic (exact) mass is 411 g/mol. The van der Waals surface area contributed by atoms with E-state index < -0.39 is 17.7 Å². The van der Waals surface area contributed by atoms with Crippen LogP contribution < -0.4 is 4.74 Å². The van der Waals surface area contributed by atoms with Crippen LogP contribution in [0.3, 0.4) is 0 Å². The first-order valence-corrected chi connectivity index (χ1v) is 10.0. The fourth-order valence-corrected chi connectivity index (χ4v) is 3.83. The van der Waals surface area contributed by atoms with Gasteiger partial charge in [-0.2, -0.15) is 0 Å². The third-order valence-corrected chi connectivity index (χ3v) is 5.49. The Kier molecular flexibility index (Phi) is 5.79. The van der Waals surface area contributed by atoms with E-state index in [1.165, 1.54) is 24.3 Å². The van der Waals surface area contributed by atoms with E-state index in [4.69, 9.17) is 9.47 Å². The van der Waals surface area contributed by atoms with Crippen LogP contribution in [0.1, 0.15) is 39.1 Å². The molecule has 1 fully saturated rings. The van der Waals surface area contributed by atoms with Crippen molar-refractivity contribution in [1.82, 2.24) is 4.90 Å². The van der Waals surface area contributed by atoms with E-state index in [2.05, 4.69) is 0 Å². The third-order valence-electron chi connectivity index (χ3n) is 5.49. The summed E-state index contributed by atoms with van der Waals surface area (Å²) in [5.41, 5.74) is 1.85. The van der Waals surface area contributed by atoms with Gasteiger partial charge in [0.05, 0.1) is 12.5 Å². The molecule has 2 heterocycles. The van der Waals surface area contributed by atoms with Gasteiger partial charge < -0.3 is 14.4 Å². The number of amides is 1. The maximum absolute atomic E-state index is 13.1. The quantitative estimate of drug-likeness (QED) is 0.559. The third kappa shape index (κ3) is 4.35. The Morgan fingerprint density at radius 2 is 1.87 bits per heavy atom. The summed E-state index contributed by atoms with van der Waals surface area (Å²) in [6.07, 6.45) is 2.01. The molecule has 0 N–H and O–H groups in total. The molecule has 0 spiro atoms. The number of halogens is 1. The van der Waals surface area contributed by atoms with E-state index in [9.17, 15) is 18.8 Å². The van der Waals surface area contributed by atoms with Crippen LogP contribution in [0, 0.1) is 11.7 Å². The number of ether oxygens (including phenoxy) is 2. The van der Waals surface area contributed by atoms with Crippen molar-refractivity contribution in [1.29, 1.82) is 0 Å². The summed E-state index contributed by atoms with van der Waals surface area (Å²) in [7, 11) is 0. The lowest BCUT2D eigenvalue weighted by molar-refractivity contribution is -0.148. The average molecular weight is 411 g/mol. The highest BCUT2D eigenvalue weighted by Crippen LogP contribution is 2.26. The molecule has 1 saturated heterocycles. The summed E-state index contributed by atoms with van der Waals surface area (Å²) in [5.74, 6) is -1.10. The van der Waals surface area contributed by atoms with Crippen LogP contribution in [0.4, 0.5) is 4.39 Å². The van der Waals surface area contributed by atoms with Crippen LogP contribution in [-0.2, 0) is 16.0 Å². The van der Waals surface area contributed by atoms with Gasteiger partial charge >= 0.3 is 5.97 Å². The first kappa shape index (κ1) is 20.1. The smallest absolute Gasteiger partial charge is 0.311 e. The second-order valence-corrected chi connectivity index (χ2v) is 7.55. The molecular formula is C23H22FNO5. The molecule has 2 aromatic carbocycles. The summed E-state index contributed by atoms with van der Waals surface area (Å²) in [4.78, 5) is 39.1. The molecule has 2 aromatic rings. The molecular weight excluding hydrogens is 389 g/mol. The largest absolute Gasteiger partial charge is 0.493 e. The van der Waals surface area contributed by atoms with Crippen LogP contribution in [0.25, 0.3) is 0 Å². The van der Waals surface area contributed by atoms with E-state index >= 15 is 0 Å². The molecule has 2 aliphatic rings. The number of piperidine rings is 1. The van der Waals surface area contributed by atoms with E-state index in [0.29, 0.717) is 37.1 Å². The number of hydrogen-bond acceptors (Lipinski definition) is 5. The van der Waals surface area contributed by atoms with E-state index in [1.54, 1.807) is 23.1 Å². The molecule has 1 amide bonds. The number of ketones is 1. The van der Waals surface area contributed by atoms with Crippen LogP contribution in [0.5, 0.6) is 5.75 Å². The minimum atomic E-state index is -0.482. The van der Waals surface area contributed by atoms with Crippen LogP contribution >= 0.6 is 0 Å². The highest BCUT2D eigenvalue weighted by molar-refractivity contribution is 5.98. The molecule has 1 unspecified atom stereocenters. The zero-order valence-corrected chi connectivity index (χ0v) is 16.4. The number of carbonyl (C=O) groups is 3. The van der Waals surface area contributed by atoms with Gasteiger partial charge in [0.1, 0.15) is 11.6 Å². The zero-order chi connectivity index (χ0) is 21.1. The van der Waals surface area contributed by atoms with Gasteiger partial charge in [-0.25, -0.2) is 4.39 Å². The summed E-state index contributed by atoms with van der Waals surface area (Å²) in [5, 5.41) is 0. The minimum absolute atomic E-state index is 0.222. The van der Waals surface area contributed by atoms with Crippen LogP contribution in [0.15, 0.2) is 42.5 Å². The summed E-state index contributed by atoms with van der Waals surface area (Å²) < 4.78 is 23.8. The topological polar surface area (TPSA) is 72.9 Å². The lowest BCUT2D eigenvalue weighted by atomic mass is 9.97. The van der Waals surface area contributed by atoms with Crippen molar-refractivity contribution in [3.63, 3.8) is 0 Å². The maximum Gasteiger partial charge on any atom is 0.311 e. The summed E-state index contributed by atoms with van der Waals surface area (Å²) >= 11 is 0. The molecule has 1 atom stereocenters. The van der Waals surface area contributed by atoms with Crippen molar-refractivity contribution in [2.75, 3.05) is 26.3 Å². The first-order valence-electron chi connectivity index (χ1n) is 10.0. The predicted molar refractivity (Wildman–Crippen MR) is 106 cm³/mol. The van der Waals surface area contributed by atoms with E-state index in [-0.39, 0.29) is 24.8 Å². The van der Waals surface area contributed by atoms with Gasteiger partial charge in [0.25, 0.3) is 5.91 Å². The number of Topliss-reactive ketones (excluding diaryl/α,β-unsaturated/α-hetero) is 1. The zero-order valence-electron chi connectivity index (χ0n) is 16.4. The fourth-order valence-electron chi connectivity index (χ4n) is 3.83. The molecule has 6 nitrogen and oxygen atoms in total. The minimum Gasteiger partial charge on any atom is -0.493 e. The van der Waals surface area contributed by atoms with Gasteiger partial charge in [-0.15, -0.1) is 0 Å². The number of rotatable bonds is 5. The van der Waals surface area contributed by atoms with Crippen molar-refractivity contribution in [3.05, 3.63) is 65.0 Å². The highest BCUT2D eigenvalue weighted by atomic mass is 19.1. The fraction of sp³-hybridized carbons (Fsp3) is 0.348. The maximum atomic E-state index is 13.1. The Morgan fingerprint density at radius 3 is 2.67 bits per heavy atom. The van der Waals surface area contributed by atoms with Gasteiger partial charge in [0.2, 0.25) is 0 Å². The molecule has 0 bridgehead atoms. The second-order valence-electron chi connectivity index (χ2n) is 7.55. The van der Waals surface area contributed by atoms with Gasteiger partial charge in [-0.1, -0.05) is 0 Å². The molecule has 30 heavy (non-hydrogen) atoms. The summed E-state index contributed by atoms with van der Waals surface area (Å²) in [6, 6.07) is 10.5. The van der Waals surface area contributed by atoms with Gasteiger partial charge in [-0.3, -0.25) is 14.4 Å². The normalized spacial score (nSPS) is 17.8. The number of carbonyl (C=O) groups excluding carboxylic acids is 3. The van der Waals surface area contributed by atoms with E-state index in [0.717, 1.165) is 17.7 Å². The van der Waals surface area contributed by atoms with Gasteiger partial charge in [0.15, 0.2) is 12.4 Å². The SMILES string of the molecule is O=C(COC(=O)C1CCCN(C(=O)c2ccc(F)cc2)C1)c1ccc2c(c1)CCO2. The number of hydrogen-bond donors (Lipinski definition) is 0. The van der Waals surface area contributed by atoms with Gasteiger partial charge in [-0.05, 0) is 60.9 Å². The molecule has 4 rings (SSSR count). The van der Waals surface area contributed by atoms with Crippen LogP contribution in [0.2, 0.25) is 0 Å².